The van der Waals surface area contributed by atoms with Crippen molar-refractivity contribution < 1.29 is 9.15 Å². The molecule has 8 heteroatoms. The average Bonchev–Trinajstić information content (AvgIpc) is 3.00. The van der Waals surface area contributed by atoms with Gasteiger partial charge in [-0.2, -0.15) is 0 Å². The third kappa shape index (κ3) is 5.27. The highest BCUT2D eigenvalue weighted by atomic mass is 127. The molecule has 0 spiro atoms. The number of ether oxygens (including phenoxy) is 1. The molecule has 0 saturated carbocycles. The van der Waals surface area contributed by atoms with Gasteiger partial charge in [-0.05, 0) is 38.1 Å². The zero-order valence-corrected chi connectivity index (χ0v) is 18.7. The van der Waals surface area contributed by atoms with Crippen molar-refractivity contribution in [3.8, 4) is 5.75 Å². The van der Waals surface area contributed by atoms with Crippen molar-refractivity contribution in [1.82, 2.24) is 15.2 Å². The van der Waals surface area contributed by atoms with Crippen LogP contribution in [0.3, 0.4) is 0 Å². The van der Waals surface area contributed by atoms with E-state index in [1.807, 2.05) is 33.0 Å². The number of piperazine rings is 1. The summed E-state index contributed by atoms with van der Waals surface area (Å²) in [6, 6.07) is 8.22. The molecule has 1 aliphatic rings. The van der Waals surface area contributed by atoms with Gasteiger partial charge in [0.05, 0.1) is 19.3 Å². The van der Waals surface area contributed by atoms with Gasteiger partial charge in [0.15, 0.2) is 5.96 Å². The number of aliphatic imine (C=N–C) groups is 1. The van der Waals surface area contributed by atoms with E-state index in [1.165, 1.54) is 5.69 Å². The fourth-order valence-corrected chi connectivity index (χ4v) is 3.07. The fourth-order valence-electron chi connectivity index (χ4n) is 3.07. The molecule has 3 rings (SSSR count). The van der Waals surface area contributed by atoms with Crippen molar-refractivity contribution >= 4 is 35.6 Å². The van der Waals surface area contributed by atoms with Crippen LogP contribution >= 0.6 is 24.0 Å². The standard InChI is InChI=1S/C19H27N5O2.HI/c1-14-15(2)26-18(22-14)13-21-19(20-3)24-11-9-23(10-12-24)16-5-7-17(25-4)8-6-16;/h5-8H,9-13H2,1-4H3,(H,20,21);1H. The molecule has 1 aliphatic heterocycles. The van der Waals surface area contributed by atoms with E-state index in [0.717, 1.165) is 49.3 Å². The molecular weight excluding hydrogens is 457 g/mol. The minimum Gasteiger partial charge on any atom is -0.497 e. The second kappa shape index (κ2) is 9.82. The molecule has 1 saturated heterocycles. The zero-order chi connectivity index (χ0) is 18.5. The van der Waals surface area contributed by atoms with Crippen LogP contribution in [0, 0.1) is 13.8 Å². The smallest absolute Gasteiger partial charge is 0.214 e. The molecule has 148 valence electrons. The second-order valence-corrected chi connectivity index (χ2v) is 6.32. The average molecular weight is 485 g/mol. The van der Waals surface area contributed by atoms with Gasteiger partial charge in [-0.1, -0.05) is 0 Å². The van der Waals surface area contributed by atoms with E-state index < -0.39 is 0 Å². The summed E-state index contributed by atoms with van der Waals surface area (Å²) in [5, 5.41) is 3.35. The molecule has 1 aromatic heterocycles. The Morgan fingerprint density at radius 2 is 1.85 bits per heavy atom. The maximum Gasteiger partial charge on any atom is 0.214 e. The number of methoxy groups -OCH3 is 1. The van der Waals surface area contributed by atoms with Gasteiger partial charge >= 0.3 is 0 Å². The molecule has 1 N–H and O–H groups in total. The number of hydrogen-bond acceptors (Lipinski definition) is 5. The molecule has 27 heavy (non-hydrogen) atoms. The maximum atomic E-state index is 5.62. The van der Waals surface area contributed by atoms with Crippen LogP contribution in [0.25, 0.3) is 0 Å². The Bertz CT molecular complexity index is 732. The fraction of sp³-hybridized carbons (Fsp3) is 0.474. The van der Waals surface area contributed by atoms with Gasteiger partial charge in [0.1, 0.15) is 11.5 Å². The normalized spacial score (nSPS) is 14.7. The van der Waals surface area contributed by atoms with Gasteiger partial charge in [0, 0.05) is 38.9 Å². The number of guanidine groups is 1. The molecule has 0 atom stereocenters. The van der Waals surface area contributed by atoms with E-state index in [0.29, 0.717) is 12.4 Å². The summed E-state index contributed by atoms with van der Waals surface area (Å²) < 4.78 is 10.9. The van der Waals surface area contributed by atoms with Crippen molar-refractivity contribution in [3.63, 3.8) is 0 Å². The Morgan fingerprint density at radius 3 is 2.37 bits per heavy atom. The summed E-state index contributed by atoms with van der Waals surface area (Å²) in [4.78, 5) is 13.5. The minimum atomic E-state index is 0. The SMILES string of the molecule is CN=C(NCc1nc(C)c(C)o1)N1CCN(c2ccc(OC)cc2)CC1.I. The highest BCUT2D eigenvalue weighted by molar-refractivity contribution is 14.0. The number of rotatable bonds is 4. The molecule has 1 aromatic carbocycles. The monoisotopic (exact) mass is 485 g/mol. The number of oxazole rings is 1. The van der Waals surface area contributed by atoms with Crippen LogP contribution in [0.5, 0.6) is 5.75 Å². The van der Waals surface area contributed by atoms with E-state index in [4.69, 9.17) is 9.15 Å². The molecule has 2 aromatic rings. The molecule has 0 aliphatic carbocycles. The number of aryl methyl sites for hydroxylation is 2. The zero-order valence-electron chi connectivity index (χ0n) is 16.4. The number of nitrogens with one attached hydrogen (secondary N) is 1. The molecule has 1 fully saturated rings. The van der Waals surface area contributed by atoms with Crippen LogP contribution in [0.15, 0.2) is 33.7 Å². The summed E-state index contributed by atoms with van der Waals surface area (Å²) >= 11 is 0. The van der Waals surface area contributed by atoms with Crippen molar-refractivity contribution in [1.29, 1.82) is 0 Å². The lowest BCUT2D eigenvalue weighted by molar-refractivity contribution is 0.368. The summed E-state index contributed by atoms with van der Waals surface area (Å²) in [6.07, 6.45) is 0. The van der Waals surface area contributed by atoms with Crippen molar-refractivity contribution in [3.05, 3.63) is 41.6 Å². The number of aromatic nitrogens is 1. The number of anilines is 1. The first-order valence-corrected chi connectivity index (χ1v) is 8.88. The predicted molar refractivity (Wildman–Crippen MR) is 118 cm³/mol. The van der Waals surface area contributed by atoms with Crippen molar-refractivity contribution in [2.24, 2.45) is 4.99 Å². The van der Waals surface area contributed by atoms with E-state index in [1.54, 1.807) is 7.11 Å². The minimum absolute atomic E-state index is 0. The van der Waals surface area contributed by atoms with Crippen LogP contribution in [0.1, 0.15) is 17.3 Å². The molecule has 7 nitrogen and oxygen atoms in total. The van der Waals surface area contributed by atoms with Gasteiger partial charge in [-0.3, -0.25) is 4.99 Å². The van der Waals surface area contributed by atoms with Crippen LogP contribution in [-0.2, 0) is 6.54 Å². The van der Waals surface area contributed by atoms with Gasteiger partial charge in [-0.15, -0.1) is 24.0 Å². The van der Waals surface area contributed by atoms with Gasteiger partial charge in [0.2, 0.25) is 5.89 Å². The summed E-state index contributed by atoms with van der Waals surface area (Å²) in [5.74, 6) is 3.32. The first kappa shape index (κ1) is 21.3. The Labute approximate surface area is 177 Å². The number of benzene rings is 1. The largest absolute Gasteiger partial charge is 0.497 e. The second-order valence-electron chi connectivity index (χ2n) is 6.32. The summed E-state index contributed by atoms with van der Waals surface area (Å²) in [6.45, 7) is 8.15. The first-order valence-electron chi connectivity index (χ1n) is 8.88. The topological polar surface area (TPSA) is 66.1 Å². The quantitative estimate of drug-likeness (QED) is 0.408. The number of halogens is 1. The van der Waals surface area contributed by atoms with Crippen LogP contribution in [0.2, 0.25) is 0 Å². The lowest BCUT2D eigenvalue weighted by Gasteiger charge is -2.37. The highest BCUT2D eigenvalue weighted by Crippen LogP contribution is 2.20. The maximum absolute atomic E-state index is 5.62. The molecule has 0 bridgehead atoms. The molecule has 0 radical (unpaired) electrons. The Hall–Kier alpha value is -1.97. The highest BCUT2D eigenvalue weighted by Gasteiger charge is 2.20. The number of hydrogen-bond donors (Lipinski definition) is 1. The van der Waals surface area contributed by atoms with Crippen LogP contribution in [0.4, 0.5) is 5.69 Å². The van der Waals surface area contributed by atoms with Crippen LogP contribution in [-0.4, -0.2) is 56.2 Å². The Morgan fingerprint density at radius 1 is 1.19 bits per heavy atom. The third-order valence-electron chi connectivity index (χ3n) is 4.70. The predicted octanol–water partition coefficient (Wildman–Crippen LogP) is 2.82. The van der Waals surface area contributed by atoms with Gasteiger partial charge < -0.3 is 24.3 Å². The van der Waals surface area contributed by atoms with Crippen molar-refractivity contribution in [2.75, 3.05) is 45.2 Å². The summed E-state index contributed by atoms with van der Waals surface area (Å²) in [5.41, 5.74) is 2.16. The third-order valence-corrected chi connectivity index (χ3v) is 4.70. The Balaban J connectivity index is 0.00000261. The van der Waals surface area contributed by atoms with Gasteiger partial charge in [0.25, 0.3) is 0 Å². The molecular formula is C19H28IN5O2. The lowest BCUT2D eigenvalue weighted by atomic mass is 10.2. The van der Waals surface area contributed by atoms with E-state index >= 15 is 0 Å². The molecule has 2 heterocycles. The molecule has 0 unspecified atom stereocenters. The summed E-state index contributed by atoms with van der Waals surface area (Å²) in [7, 11) is 3.50. The van der Waals surface area contributed by atoms with E-state index in [-0.39, 0.29) is 24.0 Å². The molecule has 0 amide bonds. The number of nitrogens with zero attached hydrogens (tertiary/aromatic N) is 4. The van der Waals surface area contributed by atoms with Crippen LogP contribution < -0.4 is 15.0 Å². The lowest BCUT2D eigenvalue weighted by Crippen LogP contribution is -2.52. The van der Waals surface area contributed by atoms with Gasteiger partial charge in [-0.25, -0.2) is 4.98 Å². The first-order chi connectivity index (χ1) is 12.6. The van der Waals surface area contributed by atoms with E-state index in [2.05, 4.69) is 37.2 Å². The Kier molecular flexibility index (Phi) is 7.76. The van der Waals surface area contributed by atoms with Crippen molar-refractivity contribution in [2.45, 2.75) is 20.4 Å². The van der Waals surface area contributed by atoms with E-state index in [9.17, 15) is 0 Å².